The van der Waals surface area contributed by atoms with Gasteiger partial charge < -0.3 is 0 Å². The summed E-state index contributed by atoms with van der Waals surface area (Å²) in [6.45, 7) is 3.89. The molecule has 0 spiro atoms. The third kappa shape index (κ3) is 6.45. The van der Waals surface area contributed by atoms with Gasteiger partial charge in [0, 0.05) is 16.8 Å². The number of hydrogen-bond donors (Lipinski definition) is 0. The molecule has 2 heteroatoms. The Balaban J connectivity index is 1.18. The van der Waals surface area contributed by atoms with E-state index in [1.807, 2.05) is 24.3 Å². The molecule has 1 aromatic heterocycles. The van der Waals surface area contributed by atoms with Crippen molar-refractivity contribution in [2.24, 2.45) is 23.7 Å². The fourth-order valence-corrected chi connectivity index (χ4v) is 6.11. The summed E-state index contributed by atoms with van der Waals surface area (Å²) in [5, 5.41) is 0.770. The van der Waals surface area contributed by atoms with Crippen LogP contribution < -0.4 is 0 Å². The van der Waals surface area contributed by atoms with E-state index >= 15 is 0 Å². The molecule has 0 atom stereocenters. The largest absolute Gasteiger partial charge is 0.256 e. The van der Waals surface area contributed by atoms with Gasteiger partial charge in [0.2, 0.25) is 0 Å². The van der Waals surface area contributed by atoms with Gasteiger partial charge in [-0.25, -0.2) is 0 Å². The minimum atomic E-state index is 0.770. The summed E-state index contributed by atoms with van der Waals surface area (Å²) in [5.41, 5.74) is 3.53. The minimum Gasteiger partial charge on any atom is -0.256 e. The Hall–Kier alpha value is -1.60. The molecule has 166 valence electrons. The summed E-state index contributed by atoms with van der Waals surface area (Å²) < 4.78 is 0. The molecule has 1 aromatic carbocycles. The molecule has 0 amide bonds. The maximum Gasteiger partial charge on any atom is 0.0702 e. The Labute approximate surface area is 194 Å². The number of allylic oxidation sites excluding steroid dienone is 1. The van der Waals surface area contributed by atoms with Crippen molar-refractivity contribution in [3.8, 4) is 11.3 Å². The van der Waals surface area contributed by atoms with Crippen molar-refractivity contribution in [2.45, 2.75) is 77.0 Å². The maximum absolute atomic E-state index is 5.99. The first-order valence-electron chi connectivity index (χ1n) is 12.5. The first-order chi connectivity index (χ1) is 15.2. The molecule has 0 N–H and O–H groups in total. The Morgan fingerprint density at radius 1 is 0.806 bits per heavy atom. The summed E-state index contributed by atoms with van der Waals surface area (Å²) in [5.74, 6) is 3.92. The van der Waals surface area contributed by atoms with E-state index in [9.17, 15) is 0 Å². The Morgan fingerprint density at radius 2 is 1.42 bits per heavy atom. The molecule has 0 saturated heterocycles. The van der Waals surface area contributed by atoms with Crippen LogP contribution in [-0.4, -0.2) is 4.98 Å². The van der Waals surface area contributed by atoms with Gasteiger partial charge in [0.15, 0.2) is 0 Å². The zero-order valence-electron chi connectivity index (χ0n) is 18.9. The van der Waals surface area contributed by atoms with Gasteiger partial charge in [-0.3, -0.25) is 4.98 Å². The zero-order valence-corrected chi connectivity index (χ0v) is 19.7. The molecule has 1 heterocycles. The van der Waals surface area contributed by atoms with Crippen molar-refractivity contribution >= 4 is 11.6 Å². The molecule has 4 rings (SSSR count). The van der Waals surface area contributed by atoms with E-state index in [0.717, 1.165) is 46.4 Å². The Bertz CT molecular complexity index is 794. The van der Waals surface area contributed by atoms with Crippen LogP contribution in [0.3, 0.4) is 0 Å². The third-order valence-corrected chi connectivity index (χ3v) is 8.29. The van der Waals surface area contributed by atoms with E-state index < -0.39 is 0 Å². The van der Waals surface area contributed by atoms with Crippen LogP contribution in [0.25, 0.3) is 11.3 Å². The number of rotatable bonds is 8. The first-order valence-corrected chi connectivity index (χ1v) is 12.9. The Morgan fingerprint density at radius 3 is 1.97 bits per heavy atom. The second-order valence-electron chi connectivity index (χ2n) is 10.0. The molecule has 31 heavy (non-hydrogen) atoms. The lowest BCUT2D eigenvalue weighted by Crippen LogP contribution is -2.26. The van der Waals surface area contributed by atoms with Crippen molar-refractivity contribution in [3.63, 3.8) is 0 Å². The molecule has 1 nitrogen and oxygen atoms in total. The third-order valence-electron chi connectivity index (χ3n) is 8.03. The lowest BCUT2D eigenvalue weighted by Gasteiger charge is -2.38. The van der Waals surface area contributed by atoms with Crippen LogP contribution in [0.1, 0.15) is 76.2 Å². The van der Waals surface area contributed by atoms with Crippen molar-refractivity contribution in [2.75, 3.05) is 0 Å². The van der Waals surface area contributed by atoms with E-state index in [0.29, 0.717) is 0 Å². The van der Waals surface area contributed by atoms with Crippen molar-refractivity contribution in [3.05, 3.63) is 65.8 Å². The number of aryl methyl sites for hydroxylation is 1. The fourth-order valence-electron chi connectivity index (χ4n) is 5.98. The molecule has 2 fully saturated rings. The van der Waals surface area contributed by atoms with Crippen LogP contribution in [0.4, 0.5) is 0 Å². The SMILES string of the molecule is C=CCCC1CCC(C2CCC(CCc3ccc(-c4ccc(Cl)cc4)nc3)CC2)CC1. The van der Waals surface area contributed by atoms with Crippen LogP contribution in [-0.2, 0) is 6.42 Å². The van der Waals surface area contributed by atoms with Crippen molar-refractivity contribution < 1.29 is 0 Å². The molecule has 2 aliphatic carbocycles. The smallest absolute Gasteiger partial charge is 0.0702 e. The van der Waals surface area contributed by atoms with Gasteiger partial charge in [-0.05, 0) is 98.8 Å². The monoisotopic (exact) mass is 435 g/mol. The number of benzene rings is 1. The number of pyridine rings is 1. The summed E-state index contributed by atoms with van der Waals surface area (Å²) in [6, 6.07) is 12.3. The number of hydrogen-bond acceptors (Lipinski definition) is 1. The second kappa shape index (κ2) is 11.3. The first kappa shape index (κ1) is 22.6. The molecule has 0 bridgehead atoms. The number of nitrogens with zero attached hydrogens (tertiary/aromatic N) is 1. The number of halogens is 1. The van der Waals surface area contributed by atoms with Gasteiger partial charge in [-0.1, -0.05) is 61.6 Å². The van der Waals surface area contributed by atoms with Crippen LogP contribution in [0.2, 0.25) is 5.02 Å². The van der Waals surface area contributed by atoms with E-state index in [-0.39, 0.29) is 0 Å². The zero-order chi connectivity index (χ0) is 21.5. The van der Waals surface area contributed by atoms with E-state index in [1.54, 1.807) is 0 Å². The topological polar surface area (TPSA) is 12.9 Å². The summed E-state index contributed by atoms with van der Waals surface area (Å²) >= 11 is 5.99. The standard InChI is InChI=1S/C29H38ClN/c1-2-3-4-22-7-12-25(13-8-22)26-14-9-23(10-15-26)5-6-24-11-20-29(31-21-24)27-16-18-28(30)19-17-27/h2,11,16-23,25-26H,1,3-10,12-15H2. The molecule has 2 aromatic rings. The van der Waals surface area contributed by atoms with E-state index in [1.165, 1.54) is 76.2 Å². The summed E-state index contributed by atoms with van der Waals surface area (Å²) in [6.07, 6.45) is 21.0. The molecular formula is C29H38ClN. The highest BCUT2D eigenvalue weighted by Gasteiger charge is 2.30. The van der Waals surface area contributed by atoms with E-state index in [2.05, 4.69) is 31.0 Å². The van der Waals surface area contributed by atoms with Gasteiger partial charge in [0.1, 0.15) is 0 Å². The molecule has 0 radical (unpaired) electrons. The molecule has 0 aliphatic heterocycles. The lowest BCUT2D eigenvalue weighted by molar-refractivity contribution is 0.141. The fraction of sp³-hybridized carbons (Fsp3) is 0.552. The molecule has 2 saturated carbocycles. The molecule has 0 unspecified atom stereocenters. The van der Waals surface area contributed by atoms with Crippen LogP contribution in [0, 0.1) is 23.7 Å². The average molecular weight is 436 g/mol. The van der Waals surface area contributed by atoms with Gasteiger partial charge in [0.25, 0.3) is 0 Å². The highest BCUT2D eigenvalue weighted by atomic mass is 35.5. The second-order valence-corrected chi connectivity index (χ2v) is 10.5. The number of aromatic nitrogens is 1. The van der Waals surface area contributed by atoms with Crippen LogP contribution in [0.15, 0.2) is 55.3 Å². The lowest BCUT2D eigenvalue weighted by atomic mass is 9.68. The highest BCUT2D eigenvalue weighted by molar-refractivity contribution is 6.30. The quantitative estimate of drug-likeness (QED) is 0.377. The van der Waals surface area contributed by atoms with Gasteiger partial charge in [-0.15, -0.1) is 6.58 Å². The predicted octanol–water partition coefficient (Wildman–Crippen LogP) is 8.91. The predicted molar refractivity (Wildman–Crippen MR) is 133 cm³/mol. The van der Waals surface area contributed by atoms with Crippen LogP contribution in [0.5, 0.6) is 0 Å². The van der Waals surface area contributed by atoms with Gasteiger partial charge in [-0.2, -0.15) is 0 Å². The van der Waals surface area contributed by atoms with E-state index in [4.69, 9.17) is 16.6 Å². The maximum atomic E-state index is 5.99. The normalized spacial score (nSPS) is 26.5. The van der Waals surface area contributed by atoms with Crippen LogP contribution >= 0.6 is 11.6 Å². The van der Waals surface area contributed by atoms with Gasteiger partial charge in [0.05, 0.1) is 5.69 Å². The summed E-state index contributed by atoms with van der Waals surface area (Å²) in [7, 11) is 0. The van der Waals surface area contributed by atoms with Gasteiger partial charge >= 0.3 is 0 Å². The molecular weight excluding hydrogens is 398 g/mol. The Kier molecular flexibility index (Phi) is 8.25. The van der Waals surface area contributed by atoms with Crippen molar-refractivity contribution in [1.82, 2.24) is 4.98 Å². The van der Waals surface area contributed by atoms with Crippen molar-refractivity contribution in [1.29, 1.82) is 0 Å². The minimum absolute atomic E-state index is 0.770. The summed E-state index contributed by atoms with van der Waals surface area (Å²) in [4.78, 5) is 4.69. The average Bonchev–Trinajstić information content (AvgIpc) is 2.83. The molecule has 2 aliphatic rings. The highest BCUT2D eigenvalue weighted by Crippen LogP contribution is 2.43.